The van der Waals surface area contributed by atoms with E-state index >= 15 is 4.39 Å². The van der Waals surface area contributed by atoms with Crippen molar-refractivity contribution in [2.45, 2.75) is 32.0 Å². The Morgan fingerprint density at radius 3 is 2.31 bits per heavy atom. The molecule has 1 aliphatic rings. The normalized spacial score (nSPS) is 14.2. The zero-order chi connectivity index (χ0) is 32.1. The van der Waals surface area contributed by atoms with Gasteiger partial charge in [-0.15, -0.1) is 0 Å². The van der Waals surface area contributed by atoms with E-state index in [4.69, 9.17) is 4.52 Å². The zero-order valence-electron chi connectivity index (χ0n) is 24.1. The highest BCUT2D eigenvalue weighted by atomic mass is 19.4. The first-order chi connectivity index (χ1) is 21.3. The number of halogens is 5. The van der Waals surface area contributed by atoms with E-state index in [1.165, 1.54) is 36.5 Å². The molecule has 1 saturated heterocycles. The Kier molecular flexibility index (Phi) is 7.42. The Hall–Kier alpha value is -5.07. The van der Waals surface area contributed by atoms with Crippen LogP contribution in [-0.4, -0.2) is 40.2 Å². The number of pyridine rings is 1. The van der Waals surface area contributed by atoms with E-state index in [1.807, 2.05) is 0 Å². The molecule has 3 heterocycles. The first-order valence-corrected chi connectivity index (χ1v) is 14.0. The maximum atomic E-state index is 15.5. The third kappa shape index (κ3) is 5.77. The lowest BCUT2D eigenvalue weighted by Gasteiger charge is -2.29. The summed E-state index contributed by atoms with van der Waals surface area (Å²) in [6, 6.07) is 12.9. The standard InChI is InChI=1S/C32H26F5N5O3/c1-31(2,19-7-9-21(33)10-8-19)30-39-29(40-45-30)23-16-42(15-18-3-5-20(6-4-18)32(35,36)37)25-14-26(24(34)13-22(25)28(23)44)41-12-11-38-27(43)17-41/h3-10,13-14,16H,11-12,15,17H2,1-2H3,(H,38,43). The summed E-state index contributed by atoms with van der Waals surface area (Å²) >= 11 is 0. The molecular formula is C32H26F5N5O3. The first kappa shape index (κ1) is 30.0. The molecule has 0 atom stereocenters. The number of hydrogen-bond donors (Lipinski definition) is 1. The molecule has 13 heteroatoms. The predicted octanol–water partition coefficient (Wildman–Crippen LogP) is 5.66. The fourth-order valence-corrected chi connectivity index (χ4v) is 5.35. The minimum Gasteiger partial charge on any atom is -0.358 e. The SMILES string of the molecule is CC(C)(c1ccc(F)cc1)c1nc(-c2cn(Cc3ccc(C(F)(F)F)cc3)c3cc(N4CCNC(=O)C4)c(F)cc3c2=O)no1. The van der Waals surface area contributed by atoms with Crippen molar-refractivity contribution >= 4 is 22.5 Å². The second-order valence-corrected chi connectivity index (χ2v) is 11.3. The molecule has 0 aliphatic carbocycles. The quantitative estimate of drug-likeness (QED) is 0.246. The van der Waals surface area contributed by atoms with Crippen LogP contribution in [0.5, 0.6) is 0 Å². The van der Waals surface area contributed by atoms with Crippen LogP contribution in [0.15, 0.2) is 76.2 Å². The number of alkyl halides is 3. The van der Waals surface area contributed by atoms with Crippen LogP contribution in [0.1, 0.15) is 36.4 Å². The van der Waals surface area contributed by atoms with Crippen molar-refractivity contribution in [2.75, 3.05) is 24.5 Å². The lowest BCUT2D eigenvalue weighted by atomic mass is 9.84. The average Bonchev–Trinajstić information content (AvgIpc) is 3.50. The van der Waals surface area contributed by atoms with Gasteiger partial charge in [-0.1, -0.05) is 29.4 Å². The summed E-state index contributed by atoms with van der Waals surface area (Å²) in [7, 11) is 0. The number of nitrogens with one attached hydrogen (secondary N) is 1. The van der Waals surface area contributed by atoms with Crippen molar-refractivity contribution in [1.82, 2.24) is 20.0 Å². The van der Waals surface area contributed by atoms with Gasteiger partial charge in [0.25, 0.3) is 0 Å². The highest BCUT2D eigenvalue weighted by molar-refractivity contribution is 5.88. The molecule has 1 aliphatic heterocycles. The van der Waals surface area contributed by atoms with Gasteiger partial charge in [0, 0.05) is 31.2 Å². The van der Waals surface area contributed by atoms with Crippen LogP contribution >= 0.6 is 0 Å². The van der Waals surface area contributed by atoms with Gasteiger partial charge in [-0.3, -0.25) is 9.59 Å². The van der Waals surface area contributed by atoms with Gasteiger partial charge < -0.3 is 19.3 Å². The molecule has 0 saturated carbocycles. The molecule has 5 aromatic rings. The number of amides is 1. The van der Waals surface area contributed by atoms with Gasteiger partial charge in [0.1, 0.15) is 11.6 Å². The van der Waals surface area contributed by atoms with Crippen LogP contribution < -0.4 is 15.6 Å². The Labute approximate surface area is 253 Å². The van der Waals surface area contributed by atoms with Crippen molar-refractivity contribution in [1.29, 1.82) is 0 Å². The van der Waals surface area contributed by atoms with E-state index in [2.05, 4.69) is 15.5 Å². The van der Waals surface area contributed by atoms with E-state index < -0.39 is 34.2 Å². The lowest BCUT2D eigenvalue weighted by molar-refractivity contribution is -0.137. The lowest BCUT2D eigenvalue weighted by Crippen LogP contribution is -2.48. The van der Waals surface area contributed by atoms with Crippen LogP contribution in [0.25, 0.3) is 22.3 Å². The summed E-state index contributed by atoms with van der Waals surface area (Å²) in [6.45, 7) is 4.16. The number of anilines is 1. The fraction of sp³-hybridized carbons (Fsp3) is 0.250. The van der Waals surface area contributed by atoms with Crippen molar-refractivity contribution < 1.29 is 31.3 Å². The summed E-state index contributed by atoms with van der Waals surface area (Å²) in [6.07, 6.45) is -3.06. The topological polar surface area (TPSA) is 93.3 Å². The van der Waals surface area contributed by atoms with Gasteiger partial charge in [-0.2, -0.15) is 18.2 Å². The molecule has 0 spiro atoms. The summed E-state index contributed by atoms with van der Waals surface area (Å²) in [5.41, 5.74) is -0.739. The molecule has 0 unspecified atom stereocenters. The molecule has 0 radical (unpaired) electrons. The molecule has 3 aromatic carbocycles. The van der Waals surface area contributed by atoms with Crippen molar-refractivity contribution in [2.24, 2.45) is 0 Å². The van der Waals surface area contributed by atoms with Gasteiger partial charge in [0.2, 0.25) is 23.1 Å². The molecule has 0 bridgehead atoms. The van der Waals surface area contributed by atoms with Gasteiger partial charge in [-0.25, -0.2) is 8.78 Å². The molecule has 1 fully saturated rings. The maximum absolute atomic E-state index is 15.5. The molecule has 45 heavy (non-hydrogen) atoms. The van der Waals surface area contributed by atoms with Crippen molar-refractivity contribution in [3.05, 3.63) is 111 Å². The number of nitrogens with zero attached hydrogens (tertiary/aromatic N) is 4. The number of carbonyl (C=O) groups excluding carboxylic acids is 1. The first-order valence-electron chi connectivity index (χ1n) is 14.0. The molecule has 232 valence electrons. The number of aromatic nitrogens is 3. The Morgan fingerprint density at radius 2 is 1.64 bits per heavy atom. The van der Waals surface area contributed by atoms with E-state index in [9.17, 15) is 27.2 Å². The van der Waals surface area contributed by atoms with Gasteiger partial charge in [0.05, 0.1) is 34.3 Å². The Bertz CT molecular complexity index is 1970. The minimum absolute atomic E-state index is 0.0132. The molecule has 1 amide bonds. The predicted molar refractivity (Wildman–Crippen MR) is 156 cm³/mol. The second kappa shape index (κ2) is 11.1. The van der Waals surface area contributed by atoms with E-state index in [1.54, 1.807) is 35.4 Å². The van der Waals surface area contributed by atoms with Crippen LogP contribution in [0.3, 0.4) is 0 Å². The third-order valence-corrected chi connectivity index (χ3v) is 7.93. The highest BCUT2D eigenvalue weighted by Crippen LogP contribution is 2.33. The molecule has 1 N–H and O–H groups in total. The van der Waals surface area contributed by atoms with Crippen LogP contribution in [0.2, 0.25) is 0 Å². The van der Waals surface area contributed by atoms with Crippen LogP contribution in [0, 0.1) is 11.6 Å². The maximum Gasteiger partial charge on any atom is 0.416 e. The fourth-order valence-electron chi connectivity index (χ4n) is 5.35. The molecule has 8 nitrogen and oxygen atoms in total. The number of carbonyl (C=O) groups is 1. The molecule has 2 aromatic heterocycles. The van der Waals surface area contributed by atoms with Gasteiger partial charge in [0.15, 0.2) is 0 Å². The third-order valence-electron chi connectivity index (χ3n) is 7.93. The molecule has 6 rings (SSSR count). The summed E-state index contributed by atoms with van der Waals surface area (Å²) in [5, 5.41) is 6.68. The number of hydrogen-bond acceptors (Lipinski definition) is 6. The number of fused-ring (bicyclic) bond motifs is 1. The van der Waals surface area contributed by atoms with E-state index in [0.717, 1.165) is 18.2 Å². The molecular weight excluding hydrogens is 597 g/mol. The summed E-state index contributed by atoms with van der Waals surface area (Å²) < 4.78 is 75.8. The van der Waals surface area contributed by atoms with Crippen LogP contribution in [0.4, 0.5) is 27.6 Å². The van der Waals surface area contributed by atoms with Crippen LogP contribution in [-0.2, 0) is 22.9 Å². The number of rotatable bonds is 6. The smallest absolute Gasteiger partial charge is 0.358 e. The monoisotopic (exact) mass is 623 g/mol. The Morgan fingerprint density at radius 1 is 0.956 bits per heavy atom. The number of piperazine rings is 1. The van der Waals surface area contributed by atoms with Crippen molar-refractivity contribution in [3.63, 3.8) is 0 Å². The highest BCUT2D eigenvalue weighted by Gasteiger charge is 2.32. The number of benzene rings is 3. The average molecular weight is 624 g/mol. The summed E-state index contributed by atoms with van der Waals surface area (Å²) in [4.78, 5) is 31.8. The van der Waals surface area contributed by atoms with Crippen molar-refractivity contribution in [3.8, 4) is 11.4 Å². The van der Waals surface area contributed by atoms with E-state index in [-0.39, 0.29) is 47.3 Å². The van der Waals surface area contributed by atoms with Gasteiger partial charge in [-0.05, 0) is 61.4 Å². The zero-order valence-corrected chi connectivity index (χ0v) is 24.1. The summed E-state index contributed by atoms with van der Waals surface area (Å²) in [5.74, 6) is -1.36. The van der Waals surface area contributed by atoms with Gasteiger partial charge >= 0.3 is 6.18 Å². The minimum atomic E-state index is -4.51. The van der Waals surface area contributed by atoms with E-state index in [0.29, 0.717) is 29.7 Å². The Balaban J connectivity index is 1.48. The second-order valence-electron chi connectivity index (χ2n) is 11.3. The largest absolute Gasteiger partial charge is 0.416 e.